The van der Waals surface area contributed by atoms with Crippen molar-refractivity contribution in [3.05, 3.63) is 0 Å². The molecule has 0 bridgehead atoms. The summed E-state index contributed by atoms with van der Waals surface area (Å²) in [4.78, 5) is 15.1. The maximum atomic E-state index is 11.3. The molecule has 0 aliphatic heterocycles. The molecule has 0 saturated heterocycles. The van der Waals surface area contributed by atoms with Crippen LogP contribution >= 0.6 is 0 Å². The number of nitrogens with zero attached hydrogens (tertiary/aromatic N) is 1. The zero-order valence-corrected chi connectivity index (χ0v) is 9.91. The van der Waals surface area contributed by atoms with Crippen molar-refractivity contribution in [2.45, 2.75) is 52.2 Å². The standard InChI is InChI=1S/C11H20N2O2/c1-10(2,3)15-9(14)13-7-11(4)5-8(12)6-11/h7-8H,5-6,12H2,1-4H3. The van der Waals surface area contributed by atoms with Crippen molar-refractivity contribution in [3.8, 4) is 0 Å². The molecular formula is C11H20N2O2. The molecule has 0 atom stereocenters. The van der Waals surface area contributed by atoms with Crippen LogP contribution in [0.4, 0.5) is 4.79 Å². The first-order valence-electron chi connectivity index (χ1n) is 5.24. The maximum Gasteiger partial charge on any atom is 0.433 e. The van der Waals surface area contributed by atoms with Gasteiger partial charge in [-0.15, -0.1) is 0 Å². The van der Waals surface area contributed by atoms with Gasteiger partial charge in [0.05, 0.1) is 0 Å². The minimum absolute atomic E-state index is 0.0175. The minimum atomic E-state index is -0.524. The first-order chi connectivity index (χ1) is 6.70. The number of carbonyl (C=O) groups excluding carboxylic acids is 1. The van der Waals surface area contributed by atoms with E-state index in [9.17, 15) is 4.79 Å². The van der Waals surface area contributed by atoms with Gasteiger partial charge in [0.15, 0.2) is 0 Å². The number of carbonyl (C=O) groups is 1. The maximum absolute atomic E-state index is 11.3. The lowest BCUT2D eigenvalue weighted by Crippen LogP contribution is -2.45. The van der Waals surface area contributed by atoms with Gasteiger partial charge < -0.3 is 10.5 Å². The van der Waals surface area contributed by atoms with E-state index >= 15 is 0 Å². The molecule has 0 unspecified atom stereocenters. The number of ether oxygens (including phenoxy) is 1. The van der Waals surface area contributed by atoms with Crippen LogP contribution in [0.5, 0.6) is 0 Å². The van der Waals surface area contributed by atoms with Gasteiger partial charge in [0, 0.05) is 17.7 Å². The van der Waals surface area contributed by atoms with Gasteiger partial charge in [0.25, 0.3) is 0 Å². The average molecular weight is 212 g/mol. The van der Waals surface area contributed by atoms with Crippen LogP contribution in [0.2, 0.25) is 0 Å². The molecular weight excluding hydrogens is 192 g/mol. The van der Waals surface area contributed by atoms with E-state index in [0.29, 0.717) is 0 Å². The van der Waals surface area contributed by atoms with Crippen molar-refractivity contribution in [1.82, 2.24) is 0 Å². The van der Waals surface area contributed by atoms with Crippen molar-refractivity contribution >= 4 is 12.3 Å². The smallest absolute Gasteiger partial charge is 0.433 e. The molecule has 1 fully saturated rings. The topological polar surface area (TPSA) is 64.7 Å². The molecule has 1 saturated carbocycles. The van der Waals surface area contributed by atoms with Gasteiger partial charge in [-0.2, -0.15) is 4.99 Å². The number of hydrogen-bond acceptors (Lipinski definition) is 3. The number of amides is 1. The highest BCUT2D eigenvalue weighted by molar-refractivity contribution is 5.82. The molecule has 0 aromatic carbocycles. The van der Waals surface area contributed by atoms with E-state index in [-0.39, 0.29) is 11.5 Å². The summed E-state index contributed by atoms with van der Waals surface area (Å²) in [5.41, 5.74) is 5.19. The van der Waals surface area contributed by atoms with E-state index in [1.54, 1.807) is 6.21 Å². The third-order valence-electron chi connectivity index (χ3n) is 2.33. The van der Waals surface area contributed by atoms with Gasteiger partial charge in [0.2, 0.25) is 0 Å². The molecule has 4 nitrogen and oxygen atoms in total. The van der Waals surface area contributed by atoms with Crippen LogP contribution in [0.3, 0.4) is 0 Å². The monoisotopic (exact) mass is 212 g/mol. The zero-order chi connectivity index (χ0) is 11.7. The normalized spacial score (nSPS) is 31.4. The van der Waals surface area contributed by atoms with Gasteiger partial charge in [-0.05, 0) is 33.6 Å². The van der Waals surface area contributed by atoms with Crippen molar-refractivity contribution in [3.63, 3.8) is 0 Å². The number of aliphatic imine (C=N–C) groups is 1. The molecule has 1 aliphatic rings. The molecule has 4 heteroatoms. The van der Waals surface area contributed by atoms with Crippen molar-refractivity contribution < 1.29 is 9.53 Å². The van der Waals surface area contributed by atoms with Crippen LogP contribution in [0.1, 0.15) is 40.5 Å². The lowest BCUT2D eigenvalue weighted by molar-refractivity contribution is 0.0601. The van der Waals surface area contributed by atoms with E-state index in [1.165, 1.54) is 0 Å². The lowest BCUT2D eigenvalue weighted by atomic mass is 9.68. The van der Waals surface area contributed by atoms with Crippen LogP contribution in [-0.2, 0) is 4.74 Å². The predicted molar refractivity (Wildman–Crippen MR) is 60.0 cm³/mol. The van der Waals surface area contributed by atoms with Crippen molar-refractivity contribution in [2.24, 2.45) is 16.1 Å². The molecule has 1 amide bonds. The molecule has 0 heterocycles. The third-order valence-corrected chi connectivity index (χ3v) is 2.33. The Morgan fingerprint density at radius 2 is 2.07 bits per heavy atom. The Morgan fingerprint density at radius 1 is 1.53 bits per heavy atom. The second-order valence-corrected chi connectivity index (χ2v) is 5.56. The number of hydrogen-bond donors (Lipinski definition) is 1. The summed E-state index contributed by atoms with van der Waals surface area (Å²) in [6, 6.07) is 0.250. The predicted octanol–water partition coefficient (Wildman–Crippen LogP) is 2.12. The quantitative estimate of drug-likeness (QED) is 0.677. The first kappa shape index (κ1) is 12.2. The fraction of sp³-hybridized carbons (Fsp3) is 0.818. The van der Waals surface area contributed by atoms with Crippen LogP contribution in [-0.4, -0.2) is 24.0 Å². The summed E-state index contributed by atoms with van der Waals surface area (Å²) in [6.07, 6.45) is 2.92. The van der Waals surface area contributed by atoms with Crippen LogP contribution in [0.25, 0.3) is 0 Å². The summed E-state index contributed by atoms with van der Waals surface area (Å²) in [6.45, 7) is 7.51. The van der Waals surface area contributed by atoms with Crippen LogP contribution in [0, 0.1) is 5.41 Å². The first-order valence-corrected chi connectivity index (χ1v) is 5.24. The van der Waals surface area contributed by atoms with E-state index in [0.717, 1.165) is 12.8 Å². The Balaban J connectivity index is 2.42. The molecule has 2 N–H and O–H groups in total. The zero-order valence-electron chi connectivity index (χ0n) is 9.91. The van der Waals surface area contributed by atoms with Crippen molar-refractivity contribution in [1.29, 1.82) is 0 Å². The van der Waals surface area contributed by atoms with Gasteiger partial charge >= 0.3 is 6.09 Å². The van der Waals surface area contributed by atoms with Crippen molar-refractivity contribution in [2.75, 3.05) is 0 Å². The number of rotatable bonds is 1. The minimum Gasteiger partial charge on any atom is -0.442 e. The van der Waals surface area contributed by atoms with E-state index in [4.69, 9.17) is 10.5 Å². The van der Waals surface area contributed by atoms with Crippen LogP contribution in [0.15, 0.2) is 4.99 Å². The van der Waals surface area contributed by atoms with E-state index in [2.05, 4.69) is 4.99 Å². The fourth-order valence-electron chi connectivity index (χ4n) is 1.74. The van der Waals surface area contributed by atoms with Gasteiger partial charge in [-0.1, -0.05) is 6.92 Å². The Hall–Kier alpha value is -0.900. The highest BCUT2D eigenvalue weighted by Crippen LogP contribution is 2.37. The second-order valence-electron chi connectivity index (χ2n) is 5.56. The summed E-state index contributed by atoms with van der Waals surface area (Å²) >= 11 is 0. The summed E-state index contributed by atoms with van der Waals surface area (Å²) in [7, 11) is 0. The average Bonchev–Trinajstić information content (AvgIpc) is 1.95. The highest BCUT2D eigenvalue weighted by atomic mass is 16.6. The largest absolute Gasteiger partial charge is 0.442 e. The molecule has 1 rings (SSSR count). The van der Waals surface area contributed by atoms with Gasteiger partial charge in [-0.25, -0.2) is 4.79 Å². The molecule has 0 radical (unpaired) electrons. The molecule has 0 spiro atoms. The van der Waals surface area contributed by atoms with Gasteiger partial charge in [-0.3, -0.25) is 0 Å². The molecule has 0 aromatic rings. The SMILES string of the molecule is CC1(C=NC(=O)OC(C)(C)C)CC(N)C1. The second kappa shape index (κ2) is 3.93. The highest BCUT2D eigenvalue weighted by Gasteiger charge is 2.36. The molecule has 86 valence electrons. The number of nitrogens with two attached hydrogens (primary N) is 1. The fourth-order valence-corrected chi connectivity index (χ4v) is 1.74. The van der Waals surface area contributed by atoms with Crippen LogP contribution < -0.4 is 5.73 Å². The Kier molecular flexibility index (Phi) is 3.19. The third kappa shape index (κ3) is 4.00. The van der Waals surface area contributed by atoms with E-state index in [1.807, 2.05) is 27.7 Å². The summed E-state index contributed by atoms with van der Waals surface area (Å²) in [5, 5.41) is 0. The Bertz CT molecular complexity index is 273. The molecule has 15 heavy (non-hydrogen) atoms. The Labute approximate surface area is 90.9 Å². The van der Waals surface area contributed by atoms with Gasteiger partial charge in [0.1, 0.15) is 5.60 Å². The summed E-state index contributed by atoms with van der Waals surface area (Å²) < 4.78 is 5.06. The summed E-state index contributed by atoms with van der Waals surface area (Å²) in [5.74, 6) is 0. The van der Waals surface area contributed by atoms with E-state index < -0.39 is 11.7 Å². The Morgan fingerprint density at radius 3 is 2.47 bits per heavy atom. The molecule has 1 aliphatic carbocycles. The lowest BCUT2D eigenvalue weighted by Gasteiger charge is -2.40. The molecule has 0 aromatic heterocycles.